The number of methoxy groups -OCH3 is 1. The molecule has 4 aromatic carbocycles. The van der Waals surface area contributed by atoms with E-state index in [0.29, 0.717) is 17.1 Å². The molecule has 0 atom stereocenters. The summed E-state index contributed by atoms with van der Waals surface area (Å²) in [5.41, 5.74) is 3.91. The summed E-state index contributed by atoms with van der Waals surface area (Å²) in [5, 5.41) is 5.17. The third kappa shape index (κ3) is 2.89. The molecule has 2 aliphatic rings. The molecule has 0 saturated carbocycles. The zero-order chi connectivity index (χ0) is 23.7. The predicted octanol–water partition coefficient (Wildman–Crippen LogP) is 5.25. The zero-order valence-electron chi connectivity index (χ0n) is 19.4. The third-order valence-corrected chi connectivity index (χ3v) is 7.00. The van der Waals surface area contributed by atoms with Crippen molar-refractivity contribution in [3.63, 3.8) is 0 Å². The first kappa shape index (κ1) is 20.1. The van der Waals surface area contributed by atoms with Gasteiger partial charge in [0, 0.05) is 17.2 Å². The molecule has 0 N–H and O–H groups in total. The van der Waals surface area contributed by atoms with E-state index in [2.05, 4.69) is 29.0 Å². The van der Waals surface area contributed by atoms with Gasteiger partial charge in [-0.15, -0.1) is 0 Å². The van der Waals surface area contributed by atoms with Gasteiger partial charge < -0.3 is 18.9 Å². The molecule has 172 valence electrons. The van der Waals surface area contributed by atoms with Crippen LogP contribution in [0.4, 0.5) is 0 Å². The van der Waals surface area contributed by atoms with Crippen LogP contribution in [0.15, 0.2) is 60.8 Å². The lowest BCUT2D eigenvalue weighted by molar-refractivity contribution is -0.670. The molecule has 0 bridgehead atoms. The third-order valence-electron chi connectivity index (χ3n) is 7.00. The predicted molar refractivity (Wildman–Crippen MR) is 132 cm³/mol. The lowest BCUT2D eigenvalue weighted by Gasteiger charge is -2.18. The van der Waals surface area contributed by atoms with Crippen molar-refractivity contribution in [2.45, 2.75) is 19.9 Å². The molecule has 0 saturated heterocycles. The summed E-state index contributed by atoms with van der Waals surface area (Å²) in [7, 11) is 1.59. The minimum Gasteiger partial charge on any atom is -0.493 e. The number of carbonyl (C=O) groups excluding carboxylic acids is 1. The highest BCUT2D eigenvalue weighted by Crippen LogP contribution is 2.46. The number of nitrogens with zero attached hydrogens (tertiary/aromatic N) is 1. The van der Waals surface area contributed by atoms with Crippen molar-refractivity contribution in [1.82, 2.24) is 0 Å². The molecule has 35 heavy (non-hydrogen) atoms. The maximum absolute atomic E-state index is 13.1. The van der Waals surface area contributed by atoms with Crippen LogP contribution < -0.4 is 23.5 Å². The molecule has 3 heterocycles. The first-order valence-electron chi connectivity index (χ1n) is 11.6. The summed E-state index contributed by atoms with van der Waals surface area (Å²) in [4.78, 5) is 13.1. The van der Waals surface area contributed by atoms with Crippen molar-refractivity contribution in [2.24, 2.45) is 0 Å². The molecule has 0 fully saturated rings. The molecule has 0 aliphatic carbocycles. The quantitative estimate of drug-likeness (QED) is 0.158. The second-order valence-corrected chi connectivity index (χ2v) is 9.04. The Hall–Kier alpha value is -4.32. The van der Waals surface area contributed by atoms with Gasteiger partial charge in [0.2, 0.25) is 12.3 Å². The SMILES string of the molecule is COc1ccc2c(c[n+]3c4c2ccc2c5c(cc(c24)CC3)OCO5)c1OC(=O)c1cccc(C)c1. The summed E-state index contributed by atoms with van der Waals surface area (Å²) in [5.74, 6) is 2.16. The second kappa shape index (κ2) is 7.34. The molecule has 0 radical (unpaired) electrons. The van der Waals surface area contributed by atoms with Gasteiger partial charge in [0.05, 0.1) is 28.8 Å². The molecule has 0 unspecified atom stereocenters. The van der Waals surface area contributed by atoms with Gasteiger partial charge in [0.15, 0.2) is 35.7 Å². The highest BCUT2D eigenvalue weighted by molar-refractivity contribution is 6.17. The first-order chi connectivity index (χ1) is 17.1. The fraction of sp³-hybridized carbons (Fsp3) is 0.172. The Morgan fingerprint density at radius 3 is 2.69 bits per heavy atom. The standard InChI is InChI=1S/C29H22NO5/c1-16-4-3-5-18(12-16)29(31)35-28-22-14-30-11-10-17-13-24-27(34-15-33-24)21-7-6-20(26(30)25(17)21)19(22)8-9-23(28)32-2/h3-9,12-14H,10-11,15H2,1-2H3/q+1. The molecule has 6 heteroatoms. The van der Waals surface area contributed by atoms with Gasteiger partial charge in [-0.1, -0.05) is 17.7 Å². The molecular formula is C29H22NO5+. The zero-order valence-corrected chi connectivity index (χ0v) is 19.4. The van der Waals surface area contributed by atoms with E-state index in [1.165, 1.54) is 10.9 Å². The normalized spacial score (nSPS) is 13.7. The maximum Gasteiger partial charge on any atom is 0.343 e. The fourth-order valence-corrected chi connectivity index (χ4v) is 5.42. The average Bonchev–Trinajstić information content (AvgIpc) is 3.35. The summed E-state index contributed by atoms with van der Waals surface area (Å²) in [6.45, 7) is 3.01. The van der Waals surface area contributed by atoms with Crippen molar-refractivity contribution in [3.05, 3.63) is 77.5 Å². The number of ether oxygens (including phenoxy) is 4. The number of aromatic nitrogens is 1. The van der Waals surface area contributed by atoms with Gasteiger partial charge in [0.25, 0.3) is 0 Å². The number of pyridine rings is 1. The van der Waals surface area contributed by atoms with Crippen molar-refractivity contribution >= 4 is 38.4 Å². The van der Waals surface area contributed by atoms with Crippen LogP contribution in [0.3, 0.4) is 0 Å². The van der Waals surface area contributed by atoms with Gasteiger partial charge in [0.1, 0.15) is 0 Å². The summed E-state index contributed by atoms with van der Waals surface area (Å²) < 4.78 is 25.3. The summed E-state index contributed by atoms with van der Waals surface area (Å²) in [6, 6.07) is 17.6. The van der Waals surface area contributed by atoms with Crippen LogP contribution in [0.25, 0.3) is 32.4 Å². The molecule has 7 rings (SSSR count). The second-order valence-electron chi connectivity index (χ2n) is 9.04. The number of rotatable bonds is 3. The Morgan fingerprint density at radius 2 is 1.83 bits per heavy atom. The maximum atomic E-state index is 13.1. The number of aryl methyl sites for hydroxylation is 3. The molecular weight excluding hydrogens is 442 g/mol. The number of esters is 1. The smallest absolute Gasteiger partial charge is 0.343 e. The van der Waals surface area contributed by atoms with Gasteiger partial charge >= 0.3 is 5.97 Å². The summed E-state index contributed by atoms with van der Waals surface area (Å²) in [6.07, 6.45) is 2.95. The Bertz CT molecular complexity index is 1720. The van der Waals surface area contributed by atoms with Crippen LogP contribution in [0.5, 0.6) is 23.0 Å². The topological polar surface area (TPSA) is 57.9 Å². The number of carbonyl (C=O) groups is 1. The van der Waals surface area contributed by atoms with Gasteiger partial charge in [-0.05, 0) is 55.0 Å². The summed E-state index contributed by atoms with van der Waals surface area (Å²) >= 11 is 0. The molecule has 0 spiro atoms. The molecule has 6 nitrogen and oxygen atoms in total. The van der Waals surface area contributed by atoms with Crippen molar-refractivity contribution in [2.75, 3.05) is 13.9 Å². The minimum atomic E-state index is -0.410. The van der Waals surface area contributed by atoms with Gasteiger partial charge in [-0.3, -0.25) is 0 Å². The Labute approximate surface area is 201 Å². The minimum absolute atomic E-state index is 0.249. The molecule has 5 aromatic rings. The highest BCUT2D eigenvalue weighted by atomic mass is 16.7. The van der Waals surface area contributed by atoms with Gasteiger partial charge in [-0.25, -0.2) is 4.79 Å². The number of hydrogen-bond donors (Lipinski definition) is 0. The van der Waals surface area contributed by atoms with Crippen molar-refractivity contribution in [3.8, 4) is 23.0 Å². The van der Waals surface area contributed by atoms with E-state index in [1.54, 1.807) is 13.2 Å². The lowest BCUT2D eigenvalue weighted by atomic mass is 9.93. The van der Waals surface area contributed by atoms with E-state index < -0.39 is 5.97 Å². The van der Waals surface area contributed by atoms with E-state index in [0.717, 1.165) is 57.1 Å². The van der Waals surface area contributed by atoms with Crippen LogP contribution >= 0.6 is 0 Å². The Balaban J connectivity index is 1.49. The monoisotopic (exact) mass is 464 g/mol. The molecule has 2 aliphatic heterocycles. The van der Waals surface area contributed by atoms with E-state index in [1.807, 2.05) is 37.3 Å². The van der Waals surface area contributed by atoms with E-state index in [4.69, 9.17) is 18.9 Å². The molecule has 1 aromatic heterocycles. The Kier molecular flexibility index (Phi) is 4.21. The van der Waals surface area contributed by atoms with Crippen LogP contribution in [-0.2, 0) is 13.0 Å². The molecule has 0 amide bonds. The number of hydrogen-bond acceptors (Lipinski definition) is 5. The number of fused-ring (bicyclic) bond motifs is 4. The largest absolute Gasteiger partial charge is 0.493 e. The van der Waals surface area contributed by atoms with Crippen LogP contribution in [-0.4, -0.2) is 19.9 Å². The highest BCUT2D eigenvalue weighted by Gasteiger charge is 2.30. The van der Waals surface area contributed by atoms with Crippen LogP contribution in [0.1, 0.15) is 21.5 Å². The average molecular weight is 464 g/mol. The van der Waals surface area contributed by atoms with Crippen molar-refractivity contribution < 1.29 is 28.3 Å². The van der Waals surface area contributed by atoms with E-state index in [-0.39, 0.29) is 6.79 Å². The number of benzene rings is 4. The first-order valence-corrected chi connectivity index (χ1v) is 11.6. The van der Waals surface area contributed by atoms with E-state index in [9.17, 15) is 4.79 Å². The van der Waals surface area contributed by atoms with Crippen molar-refractivity contribution in [1.29, 1.82) is 0 Å². The van der Waals surface area contributed by atoms with Gasteiger partial charge in [-0.2, -0.15) is 4.57 Å². The van der Waals surface area contributed by atoms with E-state index >= 15 is 0 Å². The fourth-order valence-electron chi connectivity index (χ4n) is 5.42. The Morgan fingerprint density at radius 1 is 0.971 bits per heavy atom. The van der Waals surface area contributed by atoms with Crippen LogP contribution in [0.2, 0.25) is 0 Å². The lowest BCUT2D eigenvalue weighted by Crippen LogP contribution is -2.38. The van der Waals surface area contributed by atoms with Crippen LogP contribution in [0, 0.1) is 6.92 Å².